The largest absolute Gasteiger partial charge is 0.325 e. The fourth-order valence-corrected chi connectivity index (χ4v) is 3.10. The smallest absolute Gasteiger partial charge is 0.241 e. The van der Waals surface area contributed by atoms with E-state index in [-0.39, 0.29) is 11.9 Å². The zero-order chi connectivity index (χ0) is 16.1. The predicted octanol–water partition coefficient (Wildman–Crippen LogP) is 3.38. The fraction of sp³-hybridized carbons (Fsp3) is 0.368. The van der Waals surface area contributed by atoms with Gasteiger partial charge in [0.25, 0.3) is 0 Å². The van der Waals surface area contributed by atoms with Crippen molar-refractivity contribution in [3.05, 3.63) is 59.9 Å². The molecule has 1 aliphatic heterocycles. The average Bonchev–Trinajstić information content (AvgIpc) is 2.58. The van der Waals surface area contributed by atoms with E-state index in [2.05, 4.69) is 28.2 Å². The van der Waals surface area contributed by atoms with Crippen LogP contribution in [0.5, 0.6) is 0 Å². The molecule has 0 saturated carbocycles. The number of carbonyl (C=O) groups is 1. The van der Waals surface area contributed by atoms with Crippen LogP contribution in [0, 0.1) is 6.92 Å². The number of hydrogen-bond donors (Lipinski definition) is 1. The van der Waals surface area contributed by atoms with Crippen LogP contribution in [0.3, 0.4) is 0 Å². The highest BCUT2D eigenvalue weighted by Crippen LogP contribution is 2.21. The van der Waals surface area contributed by atoms with Gasteiger partial charge in [-0.25, -0.2) is 0 Å². The first-order valence-electron chi connectivity index (χ1n) is 8.24. The Morgan fingerprint density at radius 2 is 2.04 bits per heavy atom. The molecule has 1 aliphatic rings. The van der Waals surface area contributed by atoms with E-state index in [0.29, 0.717) is 0 Å². The molecule has 0 spiro atoms. The Bertz CT molecular complexity index is 657. The molecule has 0 radical (unpaired) electrons. The number of pyridine rings is 1. The first-order valence-corrected chi connectivity index (χ1v) is 8.24. The molecule has 1 atom stereocenters. The molecule has 3 rings (SSSR count). The van der Waals surface area contributed by atoms with Crippen molar-refractivity contribution < 1.29 is 4.79 Å². The van der Waals surface area contributed by atoms with Gasteiger partial charge in [-0.2, -0.15) is 0 Å². The van der Waals surface area contributed by atoms with E-state index >= 15 is 0 Å². The van der Waals surface area contributed by atoms with E-state index in [1.165, 1.54) is 5.56 Å². The van der Waals surface area contributed by atoms with Crippen LogP contribution < -0.4 is 5.32 Å². The van der Waals surface area contributed by atoms with Crippen molar-refractivity contribution >= 4 is 11.6 Å². The van der Waals surface area contributed by atoms with E-state index in [1.807, 2.05) is 42.6 Å². The Morgan fingerprint density at radius 3 is 2.83 bits per heavy atom. The molecule has 4 heteroatoms. The summed E-state index contributed by atoms with van der Waals surface area (Å²) in [5, 5.41) is 3.04. The number of piperidine rings is 1. The van der Waals surface area contributed by atoms with Crippen LogP contribution in [0.15, 0.2) is 48.7 Å². The molecule has 1 N–H and O–H groups in total. The number of likely N-dealkylation sites (tertiary alicyclic amines) is 1. The van der Waals surface area contributed by atoms with Crippen molar-refractivity contribution in [3.63, 3.8) is 0 Å². The lowest BCUT2D eigenvalue weighted by atomic mass is 10.0. The highest BCUT2D eigenvalue weighted by molar-refractivity contribution is 5.94. The topological polar surface area (TPSA) is 45.2 Å². The second-order valence-electron chi connectivity index (χ2n) is 6.10. The first-order chi connectivity index (χ1) is 11.2. The number of hydrogen-bond acceptors (Lipinski definition) is 3. The monoisotopic (exact) mass is 309 g/mol. The van der Waals surface area contributed by atoms with Gasteiger partial charge in [0.05, 0.1) is 11.7 Å². The maximum absolute atomic E-state index is 12.7. The number of nitrogens with one attached hydrogen (secondary N) is 1. The normalized spacial score (nSPS) is 18.6. The lowest BCUT2D eigenvalue weighted by molar-refractivity contribution is -0.122. The molecule has 0 aliphatic carbocycles. The van der Waals surface area contributed by atoms with Crippen molar-refractivity contribution in [3.8, 4) is 0 Å². The van der Waals surface area contributed by atoms with E-state index in [4.69, 9.17) is 0 Å². The van der Waals surface area contributed by atoms with Crippen molar-refractivity contribution in [1.29, 1.82) is 0 Å². The Hall–Kier alpha value is -2.20. The molecule has 0 unspecified atom stereocenters. The summed E-state index contributed by atoms with van der Waals surface area (Å²) in [6.07, 6.45) is 4.97. The van der Waals surface area contributed by atoms with Crippen LogP contribution >= 0.6 is 0 Å². The van der Waals surface area contributed by atoms with Gasteiger partial charge in [-0.05, 0) is 50.1 Å². The van der Waals surface area contributed by atoms with Crippen LogP contribution in [-0.2, 0) is 11.3 Å². The van der Waals surface area contributed by atoms with Crippen LogP contribution in [0.25, 0.3) is 0 Å². The van der Waals surface area contributed by atoms with Gasteiger partial charge in [0, 0.05) is 18.4 Å². The Labute approximate surface area is 137 Å². The van der Waals surface area contributed by atoms with E-state index < -0.39 is 0 Å². The van der Waals surface area contributed by atoms with Crippen molar-refractivity contribution in [2.45, 2.75) is 38.8 Å². The molecular formula is C19H23N3O. The van der Waals surface area contributed by atoms with E-state index in [0.717, 1.165) is 43.7 Å². The molecule has 23 heavy (non-hydrogen) atoms. The minimum atomic E-state index is -0.0784. The molecule has 1 fully saturated rings. The van der Waals surface area contributed by atoms with Gasteiger partial charge < -0.3 is 5.32 Å². The third kappa shape index (κ3) is 3.96. The number of nitrogens with zero attached hydrogens (tertiary/aromatic N) is 2. The number of carbonyl (C=O) groups excluding carboxylic acids is 1. The minimum Gasteiger partial charge on any atom is -0.325 e. The lowest BCUT2D eigenvalue weighted by Gasteiger charge is -2.34. The Balaban J connectivity index is 1.71. The summed E-state index contributed by atoms with van der Waals surface area (Å²) >= 11 is 0. The number of aryl methyl sites for hydroxylation is 1. The maximum atomic E-state index is 12.7. The van der Waals surface area contributed by atoms with Gasteiger partial charge in [-0.3, -0.25) is 14.7 Å². The number of rotatable bonds is 4. The predicted molar refractivity (Wildman–Crippen MR) is 92.1 cm³/mol. The molecule has 1 amide bonds. The number of benzene rings is 1. The average molecular weight is 309 g/mol. The first kappa shape index (κ1) is 15.7. The summed E-state index contributed by atoms with van der Waals surface area (Å²) in [4.78, 5) is 19.4. The quantitative estimate of drug-likeness (QED) is 0.941. The number of amides is 1. The standard InChI is InChI=1S/C19H23N3O/c1-15-8-7-12-20-17(15)14-22-13-6-5-11-18(22)19(23)21-16-9-3-2-4-10-16/h2-4,7-10,12,18H,5-6,11,13-14H2,1H3,(H,21,23)/t18-/m1/s1. The van der Waals surface area contributed by atoms with Crippen molar-refractivity contribution in [2.75, 3.05) is 11.9 Å². The molecule has 2 aromatic rings. The van der Waals surface area contributed by atoms with Crippen LogP contribution in [0.2, 0.25) is 0 Å². The van der Waals surface area contributed by atoms with E-state index in [1.54, 1.807) is 0 Å². The molecule has 1 aromatic carbocycles. The molecular weight excluding hydrogens is 286 g/mol. The van der Waals surface area contributed by atoms with Gasteiger partial charge in [0.1, 0.15) is 0 Å². The van der Waals surface area contributed by atoms with Gasteiger partial charge >= 0.3 is 0 Å². The summed E-state index contributed by atoms with van der Waals surface area (Å²) < 4.78 is 0. The van der Waals surface area contributed by atoms with Gasteiger partial charge in [0.15, 0.2) is 0 Å². The summed E-state index contributed by atoms with van der Waals surface area (Å²) in [6, 6.07) is 13.6. The summed E-state index contributed by atoms with van der Waals surface area (Å²) in [5.41, 5.74) is 3.10. The zero-order valence-corrected chi connectivity index (χ0v) is 13.5. The Morgan fingerprint density at radius 1 is 1.22 bits per heavy atom. The highest BCUT2D eigenvalue weighted by atomic mass is 16.2. The summed E-state index contributed by atoms with van der Waals surface area (Å²) in [5.74, 6) is 0.0875. The highest BCUT2D eigenvalue weighted by Gasteiger charge is 2.29. The van der Waals surface area contributed by atoms with Crippen molar-refractivity contribution in [1.82, 2.24) is 9.88 Å². The summed E-state index contributed by atoms with van der Waals surface area (Å²) in [6.45, 7) is 3.76. The molecule has 4 nitrogen and oxygen atoms in total. The third-order valence-electron chi connectivity index (χ3n) is 4.43. The lowest BCUT2D eigenvalue weighted by Crippen LogP contribution is -2.46. The second kappa shape index (κ2) is 7.38. The van der Waals surface area contributed by atoms with Crippen molar-refractivity contribution in [2.24, 2.45) is 0 Å². The van der Waals surface area contributed by atoms with Gasteiger partial charge in [-0.15, -0.1) is 0 Å². The molecule has 120 valence electrons. The molecule has 2 heterocycles. The van der Waals surface area contributed by atoms with Gasteiger partial charge in [0.2, 0.25) is 5.91 Å². The Kier molecular flexibility index (Phi) is 5.03. The van der Waals surface area contributed by atoms with Crippen LogP contribution in [-0.4, -0.2) is 28.4 Å². The zero-order valence-electron chi connectivity index (χ0n) is 13.5. The SMILES string of the molecule is Cc1cccnc1CN1CCCC[C@@H]1C(=O)Nc1ccccc1. The van der Waals surface area contributed by atoms with E-state index in [9.17, 15) is 4.79 Å². The number of para-hydroxylation sites is 1. The summed E-state index contributed by atoms with van der Waals surface area (Å²) in [7, 11) is 0. The molecule has 1 aromatic heterocycles. The van der Waals surface area contributed by atoms with Crippen LogP contribution in [0.1, 0.15) is 30.5 Å². The number of aromatic nitrogens is 1. The second-order valence-corrected chi connectivity index (χ2v) is 6.10. The maximum Gasteiger partial charge on any atom is 0.241 e. The molecule has 1 saturated heterocycles. The number of anilines is 1. The minimum absolute atomic E-state index is 0.0784. The van der Waals surface area contributed by atoms with Gasteiger partial charge in [-0.1, -0.05) is 30.7 Å². The third-order valence-corrected chi connectivity index (χ3v) is 4.43. The fourth-order valence-electron chi connectivity index (χ4n) is 3.10. The van der Waals surface area contributed by atoms with Crippen LogP contribution in [0.4, 0.5) is 5.69 Å². The molecule has 0 bridgehead atoms.